The van der Waals surface area contributed by atoms with E-state index < -0.39 is 0 Å². The lowest BCUT2D eigenvalue weighted by atomic mass is 10.2. The summed E-state index contributed by atoms with van der Waals surface area (Å²) in [5.41, 5.74) is 6.20. The largest absolute Gasteiger partial charge is 0.482 e. The minimum atomic E-state index is -0.110. The van der Waals surface area contributed by atoms with Gasteiger partial charge in [-0.2, -0.15) is 0 Å². The summed E-state index contributed by atoms with van der Waals surface area (Å²) in [6.45, 7) is -0.0267. The summed E-state index contributed by atoms with van der Waals surface area (Å²) < 4.78 is 5.37. The highest BCUT2D eigenvalue weighted by Gasteiger charge is 2.17. The van der Waals surface area contributed by atoms with Crippen LogP contribution >= 0.6 is 11.6 Å². The Morgan fingerprint density at radius 3 is 2.89 bits per heavy atom. The first-order valence-corrected chi connectivity index (χ1v) is 6.50. The van der Waals surface area contributed by atoms with Gasteiger partial charge in [0.1, 0.15) is 5.75 Å². The van der Waals surface area contributed by atoms with Gasteiger partial charge in [0.05, 0.1) is 5.69 Å². The highest BCUT2D eigenvalue weighted by molar-refractivity contribution is 6.30. The SMILES string of the molecule is Nc1ccc(Cl)cc1OCC(=O)NC1CCCC1. The van der Waals surface area contributed by atoms with Gasteiger partial charge in [0.15, 0.2) is 6.61 Å². The number of nitrogen functional groups attached to an aromatic ring is 1. The van der Waals surface area contributed by atoms with Crippen molar-refractivity contribution >= 4 is 23.2 Å². The number of carbonyl (C=O) groups is 1. The van der Waals surface area contributed by atoms with Gasteiger partial charge in [-0.15, -0.1) is 0 Å². The molecule has 4 nitrogen and oxygen atoms in total. The number of anilines is 1. The van der Waals surface area contributed by atoms with E-state index in [1.54, 1.807) is 18.2 Å². The van der Waals surface area contributed by atoms with Crippen LogP contribution in [0.15, 0.2) is 18.2 Å². The standard InChI is InChI=1S/C13H17ClN2O2/c14-9-5-6-11(15)12(7-9)18-8-13(17)16-10-3-1-2-4-10/h5-7,10H,1-4,8,15H2,(H,16,17). The van der Waals surface area contributed by atoms with Crippen LogP contribution in [0.5, 0.6) is 5.75 Å². The number of halogens is 1. The first-order valence-electron chi connectivity index (χ1n) is 6.12. The maximum absolute atomic E-state index is 11.7. The number of hydrogen-bond acceptors (Lipinski definition) is 3. The third-order valence-electron chi connectivity index (χ3n) is 3.05. The van der Waals surface area contributed by atoms with Gasteiger partial charge in [0, 0.05) is 17.1 Å². The fraction of sp³-hybridized carbons (Fsp3) is 0.462. The second kappa shape index (κ2) is 5.96. The number of amides is 1. The summed E-state index contributed by atoms with van der Waals surface area (Å²) >= 11 is 5.83. The van der Waals surface area contributed by atoms with Crippen LogP contribution in [0.3, 0.4) is 0 Å². The Morgan fingerprint density at radius 2 is 2.17 bits per heavy atom. The minimum absolute atomic E-state index is 0.0267. The maximum atomic E-state index is 11.7. The van der Waals surface area contributed by atoms with Crippen LogP contribution in [0.2, 0.25) is 5.02 Å². The van der Waals surface area contributed by atoms with Crippen molar-refractivity contribution in [3.05, 3.63) is 23.2 Å². The van der Waals surface area contributed by atoms with Crippen molar-refractivity contribution in [2.75, 3.05) is 12.3 Å². The molecule has 0 bridgehead atoms. The zero-order valence-corrected chi connectivity index (χ0v) is 10.9. The predicted molar refractivity (Wildman–Crippen MR) is 71.8 cm³/mol. The topological polar surface area (TPSA) is 64.3 Å². The van der Waals surface area contributed by atoms with Crippen LogP contribution in [0.1, 0.15) is 25.7 Å². The molecule has 0 aromatic heterocycles. The highest BCUT2D eigenvalue weighted by atomic mass is 35.5. The summed E-state index contributed by atoms with van der Waals surface area (Å²) in [4.78, 5) is 11.7. The number of benzene rings is 1. The van der Waals surface area contributed by atoms with E-state index in [0.717, 1.165) is 12.8 Å². The van der Waals surface area contributed by atoms with Crippen molar-refractivity contribution in [2.24, 2.45) is 0 Å². The molecule has 1 aliphatic rings. The van der Waals surface area contributed by atoms with Gasteiger partial charge >= 0.3 is 0 Å². The molecule has 0 atom stereocenters. The number of rotatable bonds is 4. The average molecular weight is 269 g/mol. The first kappa shape index (κ1) is 13.0. The molecular formula is C13H17ClN2O2. The number of nitrogens with two attached hydrogens (primary N) is 1. The third kappa shape index (κ3) is 3.53. The molecule has 1 aromatic carbocycles. The van der Waals surface area contributed by atoms with E-state index in [2.05, 4.69) is 5.32 Å². The van der Waals surface area contributed by atoms with Gasteiger partial charge < -0.3 is 15.8 Å². The molecule has 0 unspecified atom stereocenters. The van der Waals surface area contributed by atoms with Crippen molar-refractivity contribution in [2.45, 2.75) is 31.7 Å². The smallest absolute Gasteiger partial charge is 0.258 e. The van der Waals surface area contributed by atoms with Crippen LogP contribution in [0.25, 0.3) is 0 Å². The Kier molecular flexibility index (Phi) is 4.31. The second-order valence-corrected chi connectivity index (χ2v) is 4.96. The van der Waals surface area contributed by atoms with Crippen molar-refractivity contribution in [3.8, 4) is 5.75 Å². The van der Waals surface area contributed by atoms with E-state index in [-0.39, 0.29) is 12.5 Å². The zero-order chi connectivity index (χ0) is 13.0. The van der Waals surface area contributed by atoms with Crippen LogP contribution in [-0.4, -0.2) is 18.6 Å². The number of carbonyl (C=O) groups excluding carboxylic acids is 1. The molecule has 1 saturated carbocycles. The molecule has 3 N–H and O–H groups in total. The van der Waals surface area contributed by atoms with E-state index in [1.165, 1.54) is 12.8 Å². The van der Waals surface area contributed by atoms with E-state index in [0.29, 0.717) is 22.5 Å². The number of hydrogen-bond donors (Lipinski definition) is 2. The van der Waals surface area contributed by atoms with Crippen molar-refractivity contribution < 1.29 is 9.53 Å². The van der Waals surface area contributed by atoms with E-state index in [1.807, 2.05) is 0 Å². The Labute approximate surface area is 111 Å². The van der Waals surface area contributed by atoms with Crippen LogP contribution < -0.4 is 15.8 Å². The first-order chi connectivity index (χ1) is 8.65. The number of nitrogens with one attached hydrogen (secondary N) is 1. The van der Waals surface area contributed by atoms with E-state index >= 15 is 0 Å². The van der Waals surface area contributed by atoms with Gasteiger partial charge in [-0.05, 0) is 25.0 Å². The molecule has 0 heterocycles. The van der Waals surface area contributed by atoms with Gasteiger partial charge in [-0.25, -0.2) is 0 Å². The molecular weight excluding hydrogens is 252 g/mol. The van der Waals surface area contributed by atoms with Gasteiger partial charge in [0.2, 0.25) is 0 Å². The molecule has 0 spiro atoms. The summed E-state index contributed by atoms with van der Waals surface area (Å²) in [7, 11) is 0. The number of ether oxygens (including phenoxy) is 1. The van der Waals surface area contributed by atoms with Crippen LogP contribution in [0.4, 0.5) is 5.69 Å². The lowest BCUT2D eigenvalue weighted by Gasteiger charge is -2.13. The summed E-state index contributed by atoms with van der Waals surface area (Å²) in [6, 6.07) is 5.26. The zero-order valence-electron chi connectivity index (χ0n) is 10.1. The molecule has 98 valence electrons. The fourth-order valence-electron chi connectivity index (χ4n) is 2.12. The third-order valence-corrected chi connectivity index (χ3v) is 3.29. The van der Waals surface area contributed by atoms with Crippen molar-refractivity contribution in [1.82, 2.24) is 5.32 Å². The molecule has 2 rings (SSSR count). The molecule has 1 amide bonds. The molecule has 1 aromatic rings. The quantitative estimate of drug-likeness (QED) is 0.824. The van der Waals surface area contributed by atoms with Gasteiger partial charge in [-0.3, -0.25) is 4.79 Å². The molecule has 0 aliphatic heterocycles. The van der Waals surface area contributed by atoms with Crippen LogP contribution in [0, 0.1) is 0 Å². The summed E-state index contributed by atoms with van der Waals surface area (Å²) in [5, 5.41) is 3.48. The monoisotopic (exact) mass is 268 g/mol. The van der Waals surface area contributed by atoms with Crippen molar-refractivity contribution in [3.63, 3.8) is 0 Å². The normalized spacial score (nSPS) is 15.6. The Balaban J connectivity index is 1.83. The Hall–Kier alpha value is -1.42. The second-order valence-electron chi connectivity index (χ2n) is 4.52. The molecule has 1 fully saturated rings. The average Bonchev–Trinajstić information content (AvgIpc) is 2.83. The Bertz CT molecular complexity index is 431. The molecule has 0 radical (unpaired) electrons. The molecule has 5 heteroatoms. The fourth-order valence-corrected chi connectivity index (χ4v) is 2.28. The summed E-state index contributed by atoms with van der Waals surface area (Å²) in [5.74, 6) is 0.338. The highest BCUT2D eigenvalue weighted by Crippen LogP contribution is 2.25. The van der Waals surface area contributed by atoms with Crippen LogP contribution in [-0.2, 0) is 4.79 Å². The molecule has 0 saturated heterocycles. The minimum Gasteiger partial charge on any atom is -0.482 e. The van der Waals surface area contributed by atoms with E-state index in [9.17, 15) is 4.79 Å². The Morgan fingerprint density at radius 1 is 1.44 bits per heavy atom. The lowest BCUT2D eigenvalue weighted by Crippen LogP contribution is -2.36. The van der Waals surface area contributed by atoms with Gasteiger partial charge in [0.25, 0.3) is 5.91 Å². The predicted octanol–water partition coefficient (Wildman–Crippen LogP) is 2.36. The molecule has 18 heavy (non-hydrogen) atoms. The van der Waals surface area contributed by atoms with E-state index in [4.69, 9.17) is 22.1 Å². The maximum Gasteiger partial charge on any atom is 0.258 e. The van der Waals surface area contributed by atoms with Gasteiger partial charge in [-0.1, -0.05) is 24.4 Å². The lowest BCUT2D eigenvalue weighted by molar-refractivity contribution is -0.123. The summed E-state index contributed by atoms with van der Waals surface area (Å²) in [6.07, 6.45) is 4.50. The van der Waals surface area contributed by atoms with Crippen molar-refractivity contribution in [1.29, 1.82) is 0 Å². The molecule has 1 aliphatic carbocycles.